The zero-order chi connectivity index (χ0) is 14.8. The van der Waals surface area contributed by atoms with Gasteiger partial charge in [0, 0.05) is 44.1 Å². The van der Waals surface area contributed by atoms with E-state index in [1.807, 2.05) is 12.1 Å². The molecule has 1 aliphatic heterocycles. The van der Waals surface area contributed by atoms with Crippen molar-refractivity contribution in [2.75, 3.05) is 37.4 Å². The van der Waals surface area contributed by atoms with Crippen LogP contribution in [-0.4, -0.2) is 31.8 Å². The standard InChI is InChI=1S/C16H20FN3O/c1-21-10-11-4-7-20(8-5-11)16-13(17)9-14(18)12-3-2-6-19-15(12)16/h2-3,6,9,11H,4-5,7-8,10,18H2,1H3. The number of hydrogen-bond donors (Lipinski definition) is 1. The second-order valence-electron chi connectivity index (χ2n) is 5.58. The SMILES string of the molecule is COCC1CCN(c2c(F)cc(N)c3cccnc23)CC1. The lowest BCUT2D eigenvalue weighted by Gasteiger charge is -2.34. The van der Waals surface area contributed by atoms with Crippen LogP contribution in [0.2, 0.25) is 0 Å². The Kier molecular flexibility index (Phi) is 3.92. The minimum Gasteiger partial charge on any atom is -0.398 e. The van der Waals surface area contributed by atoms with Crippen LogP contribution < -0.4 is 10.6 Å². The molecule has 0 spiro atoms. The van der Waals surface area contributed by atoms with Crippen LogP contribution in [0, 0.1) is 11.7 Å². The Morgan fingerprint density at radius 2 is 2.19 bits per heavy atom. The molecule has 112 valence electrons. The average Bonchev–Trinajstić information content (AvgIpc) is 2.49. The molecule has 0 aliphatic carbocycles. The molecule has 1 aromatic carbocycles. The third kappa shape index (κ3) is 2.65. The van der Waals surface area contributed by atoms with Crippen molar-refractivity contribution in [1.29, 1.82) is 0 Å². The maximum Gasteiger partial charge on any atom is 0.150 e. The van der Waals surface area contributed by atoms with Gasteiger partial charge in [-0.3, -0.25) is 4.98 Å². The molecule has 3 rings (SSSR count). The maximum atomic E-state index is 14.4. The minimum atomic E-state index is -0.288. The highest BCUT2D eigenvalue weighted by molar-refractivity contribution is 5.98. The van der Waals surface area contributed by atoms with Gasteiger partial charge in [-0.25, -0.2) is 4.39 Å². The van der Waals surface area contributed by atoms with Crippen LogP contribution in [0.25, 0.3) is 10.9 Å². The van der Waals surface area contributed by atoms with Crippen molar-refractivity contribution < 1.29 is 9.13 Å². The van der Waals surface area contributed by atoms with Crippen LogP contribution in [0.3, 0.4) is 0 Å². The number of nitrogens with zero attached hydrogens (tertiary/aromatic N) is 2. The summed E-state index contributed by atoms with van der Waals surface area (Å²) in [6, 6.07) is 5.12. The van der Waals surface area contributed by atoms with Crippen molar-refractivity contribution >= 4 is 22.3 Å². The second kappa shape index (κ2) is 5.85. The number of rotatable bonds is 3. The number of ether oxygens (including phenoxy) is 1. The highest BCUT2D eigenvalue weighted by Crippen LogP contribution is 2.34. The Labute approximate surface area is 123 Å². The van der Waals surface area contributed by atoms with Crippen LogP contribution in [0.15, 0.2) is 24.4 Å². The lowest BCUT2D eigenvalue weighted by atomic mass is 9.97. The number of hydrogen-bond acceptors (Lipinski definition) is 4. The largest absolute Gasteiger partial charge is 0.398 e. The van der Waals surface area contributed by atoms with Crippen molar-refractivity contribution in [3.63, 3.8) is 0 Å². The van der Waals surface area contributed by atoms with E-state index >= 15 is 0 Å². The smallest absolute Gasteiger partial charge is 0.150 e. The van der Waals surface area contributed by atoms with E-state index < -0.39 is 0 Å². The topological polar surface area (TPSA) is 51.4 Å². The zero-order valence-corrected chi connectivity index (χ0v) is 12.2. The summed E-state index contributed by atoms with van der Waals surface area (Å²) in [7, 11) is 1.73. The van der Waals surface area contributed by atoms with Crippen LogP contribution in [-0.2, 0) is 4.74 Å². The summed E-state index contributed by atoms with van der Waals surface area (Å²) in [6.07, 6.45) is 3.69. The molecular weight excluding hydrogens is 269 g/mol. The molecule has 0 amide bonds. The van der Waals surface area contributed by atoms with Gasteiger partial charge in [0.2, 0.25) is 0 Å². The first kappa shape index (κ1) is 14.1. The molecule has 0 radical (unpaired) electrons. The molecule has 1 fully saturated rings. The van der Waals surface area contributed by atoms with Crippen LogP contribution >= 0.6 is 0 Å². The molecular formula is C16H20FN3O. The van der Waals surface area contributed by atoms with E-state index in [0.717, 1.165) is 37.9 Å². The van der Waals surface area contributed by atoms with Gasteiger partial charge in [-0.15, -0.1) is 0 Å². The molecule has 0 atom stereocenters. The Hall–Kier alpha value is -1.88. The summed E-state index contributed by atoms with van der Waals surface area (Å²) in [6.45, 7) is 2.41. The molecule has 2 N–H and O–H groups in total. The first-order chi connectivity index (χ1) is 10.2. The first-order valence-electron chi connectivity index (χ1n) is 7.27. The van der Waals surface area contributed by atoms with Crippen molar-refractivity contribution in [3.8, 4) is 0 Å². The van der Waals surface area contributed by atoms with E-state index in [0.29, 0.717) is 22.8 Å². The Balaban J connectivity index is 1.94. The van der Waals surface area contributed by atoms with Gasteiger partial charge in [-0.05, 0) is 37.0 Å². The highest BCUT2D eigenvalue weighted by atomic mass is 19.1. The number of benzene rings is 1. The summed E-state index contributed by atoms with van der Waals surface area (Å²) < 4.78 is 19.6. The fourth-order valence-electron chi connectivity index (χ4n) is 3.08. The lowest BCUT2D eigenvalue weighted by Crippen LogP contribution is -2.35. The molecule has 0 bridgehead atoms. The van der Waals surface area contributed by atoms with Gasteiger partial charge in [0.05, 0.1) is 11.2 Å². The van der Waals surface area contributed by atoms with Gasteiger partial charge < -0.3 is 15.4 Å². The molecule has 0 unspecified atom stereocenters. The number of nitrogen functional groups attached to an aromatic ring is 1. The molecule has 21 heavy (non-hydrogen) atoms. The van der Waals surface area contributed by atoms with Gasteiger partial charge in [-0.2, -0.15) is 0 Å². The molecule has 1 aromatic heterocycles. The van der Waals surface area contributed by atoms with E-state index in [-0.39, 0.29) is 5.82 Å². The quantitative estimate of drug-likeness (QED) is 0.883. The summed E-state index contributed by atoms with van der Waals surface area (Å²) >= 11 is 0. The average molecular weight is 289 g/mol. The van der Waals surface area contributed by atoms with E-state index in [1.54, 1.807) is 13.3 Å². The molecule has 5 heteroatoms. The number of piperidine rings is 1. The number of nitrogens with two attached hydrogens (primary N) is 1. The fraction of sp³-hybridized carbons (Fsp3) is 0.438. The number of halogens is 1. The molecule has 1 saturated heterocycles. The predicted molar refractivity (Wildman–Crippen MR) is 82.9 cm³/mol. The number of methoxy groups -OCH3 is 1. The van der Waals surface area contributed by atoms with Crippen molar-refractivity contribution in [1.82, 2.24) is 4.98 Å². The van der Waals surface area contributed by atoms with E-state index in [1.165, 1.54) is 6.07 Å². The third-order valence-electron chi connectivity index (χ3n) is 4.18. The monoisotopic (exact) mass is 289 g/mol. The Bertz CT molecular complexity index is 639. The summed E-state index contributed by atoms with van der Waals surface area (Å²) in [5, 5.41) is 0.813. The molecule has 0 saturated carbocycles. The number of aromatic nitrogens is 1. The normalized spacial score (nSPS) is 16.6. The van der Waals surface area contributed by atoms with Crippen molar-refractivity contribution in [3.05, 3.63) is 30.2 Å². The third-order valence-corrected chi connectivity index (χ3v) is 4.18. The molecule has 2 aromatic rings. The lowest BCUT2D eigenvalue weighted by molar-refractivity contribution is 0.139. The van der Waals surface area contributed by atoms with Crippen LogP contribution in [0.5, 0.6) is 0 Å². The van der Waals surface area contributed by atoms with Crippen LogP contribution in [0.4, 0.5) is 15.8 Å². The van der Waals surface area contributed by atoms with Gasteiger partial charge >= 0.3 is 0 Å². The van der Waals surface area contributed by atoms with Crippen molar-refractivity contribution in [2.45, 2.75) is 12.8 Å². The van der Waals surface area contributed by atoms with Gasteiger partial charge in [-0.1, -0.05) is 0 Å². The second-order valence-corrected chi connectivity index (χ2v) is 5.58. The Morgan fingerprint density at radius 3 is 2.90 bits per heavy atom. The van der Waals surface area contributed by atoms with E-state index in [9.17, 15) is 4.39 Å². The molecule has 4 nitrogen and oxygen atoms in total. The number of pyridine rings is 1. The zero-order valence-electron chi connectivity index (χ0n) is 12.2. The van der Waals surface area contributed by atoms with E-state index in [4.69, 9.17) is 10.5 Å². The summed E-state index contributed by atoms with van der Waals surface area (Å²) in [4.78, 5) is 6.43. The fourth-order valence-corrected chi connectivity index (χ4v) is 3.08. The summed E-state index contributed by atoms with van der Waals surface area (Å²) in [5.41, 5.74) is 7.57. The Morgan fingerprint density at radius 1 is 1.43 bits per heavy atom. The van der Waals surface area contributed by atoms with E-state index in [2.05, 4.69) is 9.88 Å². The molecule has 1 aliphatic rings. The van der Waals surface area contributed by atoms with Gasteiger partial charge in [0.15, 0.2) is 5.82 Å². The van der Waals surface area contributed by atoms with Crippen LogP contribution in [0.1, 0.15) is 12.8 Å². The maximum absolute atomic E-state index is 14.4. The van der Waals surface area contributed by atoms with Gasteiger partial charge in [0.25, 0.3) is 0 Å². The van der Waals surface area contributed by atoms with Gasteiger partial charge in [0.1, 0.15) is 0 Å². The number of fused-ring (bicyclic) bond motifs is 1. The number of anilines is 2. The first-order valence-corrected chi connectivity index (χ1v) is 7.27. The minimum absolute atomic E-state index is 0.288. The highest BCUT2D eigenvalue weighted by Gasteiger charge is 2.24. The van der Waals surface area contributed by atoms with Crippen molar-refractivity contribution in [2.24, 2.45) is 5.92 Å². The predicted octanol–water partition coefficient (Wildman–Crippen LogP) is 2.82. The molecule has 2 heterocycles. The summed E-state index contributed by atoms with van der Waals surface area (Å²) in [5.74, 6) is 0.270.